The quantitative estimate of drug-likeness (QED) is 0.715. The van der Waals surface area contributed by atoms with Gasteiger partial charge in [0.05, 0.1) is 15.2 Å². The van der Waals surface area contributed by atoms with Crippen molar-refractivity contribution in [3.8, 4) is 0 Å². The van der Waals surface area contributed by atoms with E-state index in [2.05, 4.69) is 33.6 Å². The molecule has 0 radical (unpaired) electrons. The van der Waals surface area contributed by atoms with E-state index in [1.165, 1.54) is 4.70 Å². The fourth-order valence-electron chi connectivity index (χ4n) is 2.06. The van der Waals surface area contributed by atoms with Crippen molar-refractivity contribution in [2.24, 2.45) is 0 Å². The van der Waals surface area contributed by atoms with Crippen molar-refractivity contribution in [1.82, 2.24) is 15.3 Å². The van der Waals surface area contributed by atoms with E-state index in [1.807, 2.05) is 30.5 Å². The van der Waals surface area contributed by atoms with Gasteiger partial charge in [0.25, 0.3) is 0 Å². The zero-order valence-corrected chi connectivity index (χ0v) is 13.8. The first-order chi connectivity index (χ1) is 10.7. The molecule has 0 aliphatic rings. The minimum absolute atomic E-state index is 0.600. The maximum Gasteiger partial charge on any atom is 0.171 e. The average Bonchev–Trinajstić information content (AvgIpc) is 2.96. The highest BCUT2D eigenvalue weighted by Crippen LogP contribution is 2.25. The standard InChI is InChI=1S/C16H16N4S2/c1-2-15-20-13-6-5-12(8-14(13)22-15)19-16(21)18-10-11-4-3-7-17-9-11/h3-9H,2,10H2,1H3,(H2,18,19,21). The number of aryl methyl sites for hydroxylation is 1. The van der Waals surface area contributed by atoms with E-state index in [0.29, 0.717) is 11.7 Å². The van der Waals surface area contributed by atoms with Gasteiger partial charge in [0.1, 0.15) is 0 Å². The zero-order chi connectivity index (χ0) is 15.4. The van der Waals surface area contributed by atoms with Gasteiger partial charge in [0, 0.05) is 24.6 Å². The average molecular weight is 328 g/mol. The first kappa shape index (κ1) is 14.9. The molecular weight excluding hydrogens is 312 g/mol. The van der Waals surface area contributed by atoms with Gasteiger partial charge in [-0.3, -0.25) is 4.98 Å². The number of anilines is 1. The van der Waals surface area contributed by atoms with Crippen molar-refractivity contribution in [1.29, 1.82) is 0 Å². The fourth-order valence-corrected chi connectivity index (χ4v) is 3.20. The minimum Gasteiger partial charge on any atom is -0.358 e. The number of hydrogen-bond acceptors (Lipinski definition) is 4. The van der Waals surface area contributed by atoms with Crippen LogP contribution in [0.4, 0.5) is 5.69 Å². The fraction of sp³-hybridized carbons (Fsp3) is 0.188. The van der Waals surface area contributed by atoms with Crippen molar-refractivity contribution in [2.45, 2.75) is 19.9 Å². The van der Waals surface area contributed by atoms with Crippen molar-refractivity contribution in [2.75, 3.05) is 5.32 Å². The summed E-state index contributed by atoms with van der Waals surface area (Å²) < 4.78 is 1.18. The van der Waals surface area contributed by atoms with Crippen molar-refractivity contribution in [3.63, 3.8) is 0 Å². The van der Waals surface area contributed by atoms with Gasteiger partial charge in [-0.1, -0.05) is 13.0 Å². The van der Waals surface area contributed by atoms with Crippen LogP contribution in [0.15, 0.2) is 42.7 Å². The molecule has 0 unspecified atom stereocenters. The number of rotatable bonds is 4. The Kier molecular flexibility index (Phi) is 4.60. The monoisotopic (exact) mass is 328 g/mol. The second kappa shape index (κ2) is 6.81. The molecule has 2 aromatic heterocycles. The summed E-state index contributed by atoms with van der Waals surface area (Å²) in [6.45, 7) is 2.77. The van der Waals surface area contributed by atoms with Crippen LogP contribution in [0.1, 0.15) is 17.5 Å². The van der Waals surface area contributed by atoms with Crippen molar-refractivity contribution >= 4 is 44.6 Å². The molecule has 3 aromatic rings. The maximum absolute atomic E-state index is 5.33. The Morgan fingerprint density at radius 3 is 3.00 bits per heavy atom. The normalized spacial score (nSPS) is 10.6. The van der Waals surface area contributed by atoms with Gasteiger partial charge in [0.2, 0.25) is 0 Å². The molecule has 2 N–H and O–H groups in total. The number of pyridine rings is 1. The van der Waals surface area contributed by atoms with E-state index in [-0.39, 0.29) is 0 Å². The molecule has 0 aliphatic carbocycles. The molecule has 4 nitrogen and oxygen atoms in total. The largest absolute Gasteiger partial charge is 0.358 e. The molecule has 2 heterocycles. The SMILES string of the molecule is CCc1nc2ccc(NC(=S)NCc3cccnc3)cc2s1. The lowest BCUT2D eigenvalue weighted by atomic mass is 10.3. The van der Waals surface area contributed by atoms with E-state index in [0.717, 1.165) is 28.2 Å². The lowest BCUT2D eigenvalue weighted by Crippen LogP contribution is -2.27. The minimum atomic E-state index is 0.600. The molecule has 0 saturated carbocycles. The van der Waals surface area contributed by atoms with Crippen LogP contribution in [0, 0.1) is 0 Å². The molecule has 1 aromatic carbocycles. The van der Waals surface area contributed by atoms with Gasteiger partial charge in [-0.15, -0.1) is 11.3 Å². The summed E-state index contributed by atoms with van der Waals surface area (Å²) in [5.74, 6) is 0. The van der Waals surface area contributed by atoms with E-state index >= 15 is 0 Å². The number of nitrogens with one attached hydrogen (secondary N) is 2. The third kappa shape index (κ3) is 3.58. The molecule has 0 bridgehead atoms. The lowest BCUT2D eigenvalue weighted by molar-refractivity contribution is 0.917. The van der Waals surface area contributed by atoms with E-state index < -0.39 is 0 Å². The molecular formula is C16H16N4S2. The Labute approximate surface area is 138 Å². The number of thiocarbonyl (C=S) groups is 1. The number of hydrogen-bond donors (Lipinski definition) is 2. The molecule has 6 heteroatoms. The summed E-state index contributed by atoms with van der Waals surface area (Å²) in [5, 5.41) is 8.15. The Hall–Kier alpha value is -2.05. The van der Waals surface area contributed by atoms with Crippen molar-refractivity contribution in [3.05, 3.63) is 53.3 Å². The summed E-state index contributed by atoms with van der Waals surface area (Å²) in [6, 6.07) is 10.0. The molecule has 112 valence electrons. The Morgan fingerprint density at radius 1 is 1.32 bits per heavy atom. The maximum atomic E-state index is 5.33. The Balaban J connectivity index is 1.63. The van der Waals surface area contributed by atoms with Crippen LogP contribution >= 0.6 is 23.6 Å². The number of nitrogens with zero attached hydrogens (tertiary/aromatic N) is 2. The summed E-state index contributed by atoms with van der Waals surface area (Å²) in [7, 11) is 0. The smallest absolute Gasteiger partial charge is 0.171 e. The third-order valence-electron chi connectivity index (χ3n) is 3.17. The van der Waals surface area contributed by atoms with Crippen LogP contribution < -0.4 is 10.6 Å². The van der Waals surface area contributed by atoms with E-state index in [9.17, 15) is 0 Å². The first-order valence-corrected chi connectivity index (χ1v) is 8.30. The van der Waals surface area contributed by atoms with Gasteiger partial charge >= 0.3 is 0 Å². The highest BCUT2D eigenvalue weighted by molar-refractivity contribution is 7.80. The van der Waals surface area contributed by atoms with Gasteiger partial charge < -0.3 is 10.6 Å². The van der Waals surface area contributed by atoms with Gasteiger partial charge in [-0.25, -0.2) is 4.98 Å². The molecule has 0 aliphatic heterocycles. The highest BCUT2D eigenvalue weighted by atomic mass is 32.1. The summed E-state index contributed by atoms with van der Waals surface area (Å²) in [5.41, 5.74) is 3.11. The molecule has 0 saturated heterocycles. The topological polar surface area (TPSA) is 49.8 Å². The van der Waals surface area contributed by atoms with Crippen LogP contribution in [0.5, 0.6) is 0 Å². The van der Waals surface area contributed by atoms with E-state index in [4.69, 9.17) is 12.2 Å². The Morgan fingerprint density at radius 2 is 2.23 bits per heavy atom. The molecule has 0 atom stereocenters. The van der Waals surface area contributed by atoms with Crippen LogP contribution in [0.3, 0.4) is 0 Å². The predicted octanol–water partition coefficient (Wildman–Crippen LogP) is 3.74. The zero-order valence-electron chi connectivity index (χ0n) is 12.2. The third-order valence-corrected chi connectivity index (χ3v) is 4.58. The number of thiazole rings is 1. The summed E-state index contributed by atoms with van der Waals surface area (Å²) >= 11 is 7.06. The van der Waals surface area contributed by atoms with Crippen molar-refractivity contribution < 1.29 is 0 Å². The van der Waals surface area contributed by atoms with Crippen LogP contribution in [0.25, 0.3) is 10.2 Å². The summed E-state index contributed by atoms with van der Waals surface area (Å²) in [4.78, 5) is 8.64. The second-order valence-electron chi connectivity index (χ2n) is 4.81. The summed E-state index contributed by atoms with van der Waals surface area (Å²) in [6.07, 6.45) is 4.55. The molecule has 0 fully saturated rings. The second-order valence-corrected chi connectivity index (χ2v) is 6.34. The van der Waals surface area contributed by atoms with Gasteiger partial charge in [0.15, 0.2) is 5.11 Å². The van der Waals surface area contributed by atoms with Crippen LogP contribution in [-0.4, -0.2) is 15.1 Å². The van der Waals surface area contributed by atoms with Gasteiger partial charge in [-0.05, 0) is 48.5 Å². The number of aromatic nitrogens is 2. The van der Waals surface area contributed by atoms with Gasteiger partial charge in [-0.2, -0.15) is 0 Å². The number of fused-ring (bicyclic) bond motifs is 1. The highest BCUT2D eigenvalue weighted by Gasteiger charge is 2.04. The lowest BCUT2D eigenvalue weighted by Gasteiger charge is -2.10. The molecule has 0 spiro atoms. The molecule has 22 heavy (non-hydrogen) atoms. The van der Waals surface area contributed by atoms with Crippen LogP contribution in [0.2, 0.25) is 0 Å². The van der Waals surface area contributed by atoms with Crippen LogP contribution in [-0.2, 0) is 13.0 Å². The molecule has 3 rings (SSSR count). The molecule has 0 amide bonds. The first-order valence-electron chi connectivity index (χ1n) is 7.08. The predicted molar refractivity (Wildman–Crippen MR) is 96.3 cm³/mol. The Bertz CT molecular complexity index is 783. The van der Waals surface area contributed by atoms with E-state index in [1.54, 1.807) is 17.5 Å². The number of benzene rings is 1.